The summed E-state index contributed by atoms with van der Waals surface area (Å²) in [6.07, 6.45) is 2.03. The van der Waals surface area contributed by atoms with E-state index in [4.69, 9.17) is 0 Å². The van der Waals surface area contributed by atoms with E-state index in [1.165, 1.54) is 17.5 Å². The van der Waals surface area contributed by atoms with Crippen molar-refractivity contribution in [1.82, 2.24) is 25.3 Å². The van der Waals surface area contributed by atoms with Crippen molar-refractivity contribution in [3.05, 3.63) is 40.8 Å². The Balaban J connectivity index is 1.50. The number of hydrogen-bond donors (Lipinski definition) is 3. The summed E-state index contributed by atoms with van der Waals surface area (Å²) in [6.45, 7) is 5.32. The van der Waals surface area contributed by atoms with E-state index in [1.54, 1.807) is 16.5 Å². The lowest BCUT2D eigenvalue weighted by molar-refractivity contribution is -0.137. The van der Waals surface area contributed by atoms with E-state index in [1.807, 2.05) is 0 Å². The van der Waals surface area contributed by atoms with E-state index in [9.17, 15) is 18.0 Å². The average molecular weight is 506 g/mol. The van der Waals surface area contributed by atoms with Crippen molar-refractivity contribution < 1.29 is 18.0 Å². The molecule has 1 amide bonds. The van der Waals surface area contributed by atoms with Gasteiger partial charge < -0.3 is 15.6 Å². The second-order valence-corrected chi connectivity index (χ2v) is 10.4. The van der Waals surface area contributed by atoms with Gasteiger partial charge in [-0.1, -0.05) is 0 Å². The van der Waals surface area contributed by atoms with Gasteiger partial charge in [-0.15, -0.1) is 11.3 Å². The maximum atomic E-state index is 14.0. The number of H-pyrrole nitrogens is 1. The predicted octanol–water partition coefficient (Wildman–Crippen LogP) is 4.48. The summed E-state index contributed by atoms with van der Waals surface area (Å²) >= 11 is 1.34. The van der Waals surface area contributed by atoms with Gasteiger partial charge in [-0.3, -0.25) is 9.69 Å². The van der Waals surface area contributed by atoms with Crippen molar-refractivity contribution in [3.8, 4) is 11.3 Å². The fraction of sp³-hybridized carbons (Fsp3) is 0.478. The molecular weight excluding hydrogens is 479 g/mol. The van der Waals surface area contributed by atoms with E-state index in [0.29, 0.717) is 36.6 Å². The van der Waals surface area contributed by atoms with Gasteiger partial charge in [0.2, 0.25) is 5.95 Å². The zero-order chi connectivity index (χ0) is 24.8. The zero-order valence-electron chi connectivity index (χ0n) is 19.4. The summed E-state index contributed by atoms with van der Waals surface area (Å²) in [5.74, 6) is -0.172. The van der Waals surface area contributed by atoms with Gasteiger partial charge in [-0.2, -0.15) is 13.2 Å². The molecule has 0 spiro atoms. The molecule has 0 bridgehead atoms. The Morgan fingerprint density at radius 2 is 2.11 bits per heavy atom. The third-order valence-corrected chi connectivity index (χ3v) is 7.33. The zero-order valence-corrected chi connectivity index (χ0v) is 20.2. The van der Waals surface area contributed by atoms with Crippen LogP contribution in [0.3, 0.4) is 0 Å². The number of nitrogens with zero attached hydrogens (tertiary/aromatic N) is 4. The summed E-state index contributed by atoms with van der Waals surface area (Å²) in [5, 5.41) is 8.95. The second-order valence-electron chi connectivity index (χ2n) is 9.53. The molecule has 2 aliphatic rings. The van der Waals surface area contributed by atoms with E-state index in [2.05, 4.69) is 44.4 Å². The molecule has 0 radical (unpaired) electrons. The third-order valence-electron chi connectivity index (χ3n) is 6.53. The summed E-state index contributed by atoms with van der Waals surface area (Å²) in [6, 6.07) is 0.00406. The topological polar surface area (TPSA) is 98.8 Å². The van der Waals surface area contributed by atoms with Crippen LogP contribution in [0.15, 0.2) is 24.0 Å². The SMILES string of the molecule is CC1(C)CC[C@H](Nc2ncc(C(F)(F)F)c(-c3c[nH]c4c3CCCN(c3nccs3)C4=O)n2)CN1. The molecule has 1 saturated heterocycles. The smallest absolute Gasteiger partial charge is 0.356 e. The lowest BCUT2D eigenvalue weighted by Gasteiger charge is -2.36. The Kier molecular flexibility index (Phi) is 6.04. The molecule has 5 heterocycles. The monoisotopic (exact) mass is 505 g/mol. The number of aromatic amines is 1. The molecule has 5 rings (SSSR count). The first kappa shape index (κ1) is 23.7. The quantitative estimate of drug-likeness (QED) is 0.484. The van der Waals surface area contributed by atoms with Crippen LogP contribution < -0.4 is 15.5 Å². The number of rotatable bonds is 4. The van der Waals surface area contributed by atoms with Crippen LogP contribution in [0.2, 0.25) is 0 Å². The largest absolute Gasteiger partial charge is 0.419 e. The fourth-order valence-corrected chi connectivity index (χ4v) is 5.26. The maximum Gasteiger partial charge on any atom is 0.419 e. The van der Waals surface area contributed by atoms with E-state index >= 15 is 0 Å². The first-order valence-electron chi connectivity index (χ1n) is 11.5. The molecule has 2 aliphatic heterocycles. The summed E-state index contributed by atoms with van der Waals surface area (Å²) in [7, 11) is 0. The molecule has 35 heavy (non-hydrogen) atoms. The lowest BCUT2D eigenvalue weighted by atomic mass is 9.91. The van der Waals surface area contributed by atoms with Gasteiger partial charge in [-0.05, 0) is 45.1 Å². The molecule has 12 heteroatoms. The molecule has 0 saturated carbocycles. The number of hydrogen-bond acceptors (Lipinski definition) is 7. The Morgan fingerprint density at radius 1 is 1.29 bits per heavy atom. The molecule has 8 nitrogen and oxygen atoms in total. The van der Waals surface area contributed by atoms with Crippen molar-refractivity contribution >= 4 is 28.3 Å². The van der Waals surface area contributed by atoms with Crippen molar-refractivity contribution in [2.45, 2.75) is 57.3 Å². The Bertz CT molecular complexity index is 1210. The molecule has 3 N–H and O–H groups in total. The average Bonchev–Trinajstić information content (AvgIpc) is 3.44. The molecule has 0 aromatic carbocycles. The lowest BCUT2D eigenvalue weighted by Crippen LogP contribution is -2.50. The van der Waals surface area contributed by atoms with Crippen molar-refractivity contribution in [2.75, 3.05) is 23.3 Å². The van der Waals surface area contributed by atoms with Gasteiger partial charge in [0.1, 0.15) is 11.3 Å². The molecule has 0 unspecified atom stereocenters. The van der Waals surface area contributed by atoms with Gasteiger partial charge in [0.05, 0.1) is 5.69 Å². The van der Waals surface area contributed by atoms with Crippen LogP contribution in [0, 0.1) is 0 Å². The number of fused-ring (bicyclic) bond motifs is 1. The van der Waals surface area contributed by atoms with Crippen LogP contribution in [0.25, 0.3) is 11.3 Å². The highest BCUT2D eigenvalue weighted by molar-refractivity contribution is 7.13. The number of aromatic nitrogens is 4. The van der Waals surface area contributed by atoms with Crippen LogP contribution >= 0.6 is 11.3 Å². The standard InChI is InChI=1S/C23H26F3N7OS/c1-22(2)6-5-13(10-30-22)31-20-29-12-16(23(24,25)26)17(32-20)15-11-28-18-14(15)4-3-8-33(19(18)34)21-27-7-9-35-21/h7,9,11-13,28,30H,3-6,8,10H2,1-2H3,(H,29,31,32)/t13-/m0/s1. The number of piperidine rings is 1. The van der Waals surface area contributed by atoms with Gasteiger partial charge in [0, 0.05) is 54.2 Å². The molecule has 186 valence electrons. The number of nitrogens with one attached hydrogen (secondary N) is 3. The van der Waals surface area contributed by atoms with Crippen molar-refractivity contribution in [2.24, 2.45) is 0 Å². The van der Waals surface area contributed by atoms with E-state index < -0.39 is 11.7 Å². The van der Waals surface area contributed by atoms with Crippen molar-refractivity contribution in [1.29, 1.82) is 0 Å². The Hall–Kier alpha value is -2.99. The molecule has 3 aromatic heterocycles. The molecular formula is C23H26F3N7OS. The fourth-order valence-electron chi connectivity index (χ4n) is 4.59. The van der Waals surface area contributed by atoms with E-state index in [-0.39, 0.29) is 40.4 Å². The minimum absolute atomic E-state index is 0.00406. The van der Waals surface area contributed by atoms with E-state index in [0.717, 1.165) is 19.0 Å². The van der Waals surface area contributed by atoms with Gasteiger partial charge >= 0.3 is 6.18 Å². The number of thiazole rings is 1. The normalized spacial score (nSPS) is 20.4. The van der Waals surface area contributed by atoms with Crippen molar-refractivity contribution in [3.63, 3.8) is 0 Å². The first-order valence-corrected chi connectivity index (χ1v) is 12.4. The number of alkyl halides is 3. The van der Waals surface area contributed by atoms with Crippen LogP contribution in [0.4, 0.5) is 24.3 Å². The van der Waals surface area contributed by atoms with Gasteiger partial charge in [0.15, 0.2) is 5.13 Å². The van der Waals surface area contributed by atoms with Crippen LogP contribution in [-0.2, 0) is 12.6 Å². The number of halogens is 3. The number of anilines is 2. The molecule has 1 atom stereocenters. The molecule has 0 aliphatic carbocycles. The summed E-state index contributed by atoms with van der Waals surface area (Å²) in [5.41, 5.74) is -0.0622. The van der Waals surface area contributed by atoms with Gasteiger partial charge in [-0.25, -0.2) is 15.0 Å². The first-order chi connectivity index (χ1) is 16.6. The highest BCUT2D eigenvalue weighted by Gasteiger charge is 2.38. The minimum Gasteiger partial charge on any atom is -0.356 e. The minimum atomic E-state index is -4.64. The highest BCUT2D eigenvalue weighted by Crippen LogP contribution is 2.39. The number of amides is 1. The maximum absolute atomic E-state index is 14.0. The highest BCUT2D eigenvalue weighted by atomic mass is 32.1. The molecule has 3 aromatic rings. The van der Waals surface area contributed by atoms with Crippen LogP contribution in [0.1, 0.15) is 54.7 Å². The second kappa shape index (κ2) is 8.90. The van der Waals surface area contributed by atoms with Gasteiger partial charge in [0.25, 0.3) is 5.91 Å². The Labute approximate surface area is 204 Å². The summed E-state index contributed by atoms with van der Waals surface area (Å²) < 4.78 is 41.9. The number of carbonyl (C=O) groups excluding carboxylic acids is 1. The Morgan fingerprint density at radius 3 is 2.80 bits per heavy atom. The molecule has 1 fully saturated rings. The summed E-state index contributed by atoms with van der Waals surface area (Å²) in [4.78, 5) is 30.2. The van der Waals surface area contributed by atoms with Crippen LogP contribution in [0.5, 0.6) is 0 Å². The third kappa shape index (κ3) is 4.76. The van der Waals surface area contributed by atoms with Crippen LogP contribution in [-0.4, -0.2) is 50.5 Å². The number of carbonyl (C=O) groups is 1. The predicted molar refractivity (Wildman–Crippen MR) is 128 cm³/mol.